The number of nitrogens with one attached hydrogen (secondary N) is 1. The molecular formula is C15H23N5O4. The molecule has 0 spiro atoms. The van der Waals surface area contributed by atoms with Crippen LogP contribution >= 0.6 is 0 Å². The molecule has 24 heavy (non-hydrogen) atoms. The van der Waals surface area contributed by atoms with Gasteiger partial charge in [-0.3, -0.25) is 9.79 Å². The smallest absolute Gasteiger partial charge is 0.326 e. The number of phenols is 1. The lowest BCUT2D eigenvalue weighted by molar-refractivity contribution is -0.142. The van der Waals surface area contributed by atoms with Crippen LogP contribution in [0.15, 0.2) is 29.3 Å². The van der Waals surface area contributed by atoms with Gasteiger partial charge < -0.3 is 32.7 Å². The lowest BCUT2D eigenvalue weighted by atomic mass is 10.0. The zero-order valence-corrected chi connectivity index (χ0v) is 13.2. The van der Waals surface area contributed by atoms with Crippen LogP contribution in [0.25, 0.3) is 0 Å². The number of hydrogen-bond donors (Lipinski definition) is 6. The summed E-state index contributed by atoms with van der Waals surface area (Å²) in [4.78, 5) is 27.0. The minimum absolute atomic E-state index is 0.0677. The minimum atomic E-state index is -1.15. The largest absolute Gasteiger partial charge is 0.508 e. The summed E-state index contributed by atoms with van der Waals surface area (Å²) in [6.45, 7) is 0.279. The predicted octanol–water partition coefficient (Wildman–Crippen LogP) is -1.11. The quantitative estimate of drug-likeness (QED) is 0.188. The number of hydrogen-bond acceptors (Lipinski definition) is 5. The fourth-order valence-electron chi connectivity index (χ4n) is 2.02. The molecule has 9 N–H and O–H groups in total. The van der Waals surface area contributed by atoms with Gasteiger partial charge in [-0.1, -0.05) is 12.1 Å². The highest BCUT2D eigenvalue weighted by Crippen LogP contribution is 2.11. The Balaban J connectivity index is 2.52. The fraction of sp³-hybridized carbons (Fsp3) is 0.400. The summed E-state index contributed by atoms with van der Waals surface area (Å²) in [6.07, 6.45) is 0.818. The molecule has 0 saturated heterocycles. The second-order valence-corrected chi connectivity index (χ2v) is 5.33. The van der Waals surface area contributed by atoms with E-state index < -0.39 is 24.0 Å². The molecule has 1 aromatic carbocycles. The maximum absolute atomic E-state index is 12.1. The second-order valence-electron chi connectivity index (χ2n) is 5.33. The summed E-state index contributed by atoms with van der Waals surface area (Å²) >= 11 is 0. The highest BCUT2D eigenvalue weighted by atomic mass is 16.4. The summed E-state index contributed by atoms with van der Waals surface area (Å²) in [5, 5.41) is 20.8. The van der Waals surface area contributed by atoms with Gasteiger partial charge in [-0.25, -0.2) is 4.79 Å². The lowest BCUT2D eigenvalue weighted by Crippen LogP contribution is -2.49. The molecule has 0 fully saturated rings. The summed E-state index contributed by atoms with van der Waals surface area (Å²) in [7, 11) is 0. The molecule has 9 heteroatoms. The third kappa shape index (κ3) is 6.97. The zero-order valence-electron chi connectivity index (χ0n) is 13.2. The van der Waals surface area contributed by atoms with E-state index in [0.717, 1.165) is 5.56 Å². The van der Waals surface area contributed by atoms with Crippen molar-refractivity contribution in [3.05, 3.63) is 29.8 Å². The van der Waals surface area contributed by atoms with Crippen molar-refractivity contribution in [2.45, 2.75) is 31.3 Å². The summed E-state index contributed by atoms with van der Waals surface area (Å²) < 4.78 is 0. The number of phenolic OH excluding ortho intramolecular Hbond substituents is 1. The number of carboxylic acid groups (broad SMARTS) is 1. The third-order valence-electron chi connectivity index (χ3n) is 3.29. The number of amides is 1. The molecule has 9 nitrogen and oxygen atoms in total. The second kappa shape index (κ2) is 9.36. The normalized spacial score (nSPS) is 12.9. The molecule has 0 aliphatic rings. The number of aliphatic imine (C=N–C) groups is 1. The Hall–Kier alpha value is -2.81. The number of nitrogens with zero attached hydrogens (tertiary/aromatic N) is 1. The molecule has 0 aliphatic heterocycles. The summed E-state index contributed by atoms with van der Waals surface area (Å²) in [6, 6.07) is 4.32. The molecule has 1 rings (SSSR count). The number of nitrogens with two attached hydrogens (primary N) is 3. The van der Waals surface area contributed by atoms with Crippen LogP contribution < -0.4 is 22.5 Å². The van der Waals surface area contributed by atoms with Crippen molar-refractivity contribution < 1.29 is 19.8 Å². The first-order valence-corrected chi connectivity index (χ1v) is 7.41. The van der Waals surface area contributed by atoms with Crippen molar-refractivity contribution in [3.8, 4) is 5.75 Å². The summed E-state index contributed by atoms with van der Waals surface area (Å²) in [5.41, 5.74) is 16.9. The monoisotopic (exact) mass is 337 g/mol. The minimum Gasteiger partial charge on any atom is -0.508 e. The molecule has 2 atom stereocenters. The van der Waals surface area contributed by atoms with Crippen LogP contribution in [0.1, 0.15) is 18.4 Å². The van der Waals surface area contributed by atoms with Crippen LogP contribution in [-0.4, -0.2) is 46.7 Å². The molecule has 0 aromatic heterocycles. The fourth-order valence-corrected chi connectivity index (χ4v) is 2.02. The van der Waals surface area contributed by atoms with E-state index in [1.807, 2.05) is 0 Å². The van der Waals surface area contributed by atoms with Crippen LogP contribution in [0.5, 0.6) is 5.75 Å². The van der Waals surface area contributed by atoms with Crippen molar-refractivity contribution in [1.29, 1.82) is 0 Å². The van der Waals surface area contributed by atoms with Crippen molar-refractivity contribution in [2.24, 2.45) is 22.2 Å². The highest BCUT2D eigenvalue weighted by Gasteiger charge is 2.23. The van der Waals surface area contributed by atoms with E-state index in [4.69, 9.17) is 22.3 Å². The van der Waals surface area contributed by atoms with E-state index in [9.17, 15) is 14.7 Å². The van der Waals surface area contributed by atoms with Gasteiger partial charge in [0.25, 0.3) is 0 Å². The Morgan fingerprint density at radius 2 is 1.83 bits per heavy atom. The molecular weight excluding hydrogens is 314 g/mol. The number of benzene rings is 1. The van der Waals surface area contributed by atoms with Gasteiger partial charge in [0.1, 0.15) is 11.8 Å². The van der Waals surface area contributed by atoms with Crippen molar-refractivity contribution >= 4 is 17.8 Å². The Bertz CT molecular complexity index is 584. The molecule has 0 radical (unpaired) electrons. The van der Waals surface area contributed by atoms with E-state index in [-0.39, 0.29) is 31.1 Å². The topological polar surface area (TPSA) is 177 Å². The van der Waals surface area contributed by atoms with Gasteiger partial charge in [0.05, 0.1) is 6.04 Å². The maximum Gasteiger partial charge on any atom is 0.326 e. The van der Waals surface area contributed by atoms with Gasteiger partial charge in [0.2, 0.25) is 5.91 Å². The van der Waals surface area contributed by atoms with Gasteiger partial charge in [-0.2, -0.15) is 0 Å². The van der Waals surface area contributed by atoms with Gasteiger partial charge in [-0.15, -0.1) is 0 Å². The Morgan fingerprint density at radius 1 is 1.21 bits per heavy atom. The molecule has 132 valence electrons. The van der Waals surface area contributed by atoms with Crippen LogP contribution in [0.3, 0.4) is 0 Å². The van der Waals surface area contributed by atoms with Crippen LogP contribution in [-0.2, 0) is 16.0 Å². The molecule has 1 amide bonds. The van der Waals surface area contributed by atoms with Crippen molar-refractivity contribution in [3.63, 3.8) is 0 Å². The number of guanidine groups is 1. The Kier molecular flexibility index (Phi) is 7.50. The average molecular weight is 337 g/mol. The molecule has 0 unspecified atom stereocenters. The van der Waals surface area contributed by atoms with Gasteiger partial charge in [-0.05, 0) is 37.0 Å². The van der Waals surface area contributed by atoms with E-state index in [2.05, 4.69) is 10.3 Å². The molecule has 0 heterocycles. The Labute approximate surface area is 139 Å². The zero-order chi connectivity index (χ0) is 18.1. The lowest BCUT2D eigenvalue weighted by Gasteiger charge is -2.17. The van der Waals surface area contributed by atoms with Gasteiger partial charge in [0.15, 0.2) is 5.96 Å². The van der Waals surface area contributed by atoms with Gasteiger partial charge in [0, 0.05) is 6.54 Å². The number of carboxylic acids is 1. The number of carbonyl (C=O) groups is 2. The van der Waals surface area contributed by atoms with Crippen molar-refractivity contribution in [1.82, 2.24) is 5.32 Å². The SMILES string of the molecule is NC(N)=NCCC[C@@H](NC(=O)[C@@H](N)Cc1ccc(O)cc1)C(=O)O. The Morgan fingerprint density at radius 3 is 2.38 bits per heavy atom. The van der Waals surface area contributed by atoms with Crippen LogP contribution in [0.2, 0.25) is 0 Å². The number of aliphatic carboxylic acids is 1. The van der Waals surface area contributed by atoms with Crippen LogP contribution in [0.4, 0.5) is 0 Å². The van der Waals surface area contributed by atoms with Crippen molar-refractivity contribution in [2.75, 3.05) is 6.54 Å². The molecule has 0 aliphatic carbocycles. The van der Waals surface area contributed by atoms with E-state index >= 15 is 0 Å². The summed E-state index contributed by atoms with van der Waals surface area (Å²) in [5.74, 6) is -1.66. The molecule has 0 saturated carbocycles. The number of aromatic hydroxyl groups is 1. The average Bonchev–Trinajstić information content (AvgIpc) is 2.51. The predicted molar refractivity (Wildman–Crippen MR) is 89.3 cm³/mol. The first kappa shape index (κ1) is 19.2. The van der Waals surface area contributed by atoms with E-state index in [1.54, 1.807) is 12.1 Å². The van der Waals surface area contributed by atoms with Crippen LogP contribution in [0, 0.1) is 0 Å². The van der Waals surface area contributed by atoms with E-state index in [1.165, 1.54) is 12.1 Å². The van der Waals surface area contributed by atoms with Gasteiger partial charge >= 0.3 is 5.97 Å². The van der Waals surface area contributed by atoms with E-state index in [0.29, 0.717) is 6.42 Å². The molecule has 1 aromatic rings. The third-order valence-corrected chi connectivity index (χ3v) is 3.29. The standard InChI is InChI=1S/C15H23N5O4/c16-11(8-9-3-5-10(21)6-4-9)13(22)20-12(14(23)24)2-1-7-19-15(17)18/h3-6,11-12,21H,1-2,7-8,16H2,(H,20,22)(H,23,24)(H4,17,18,19)/t11-,12+/m0/s1. The number of rotatable bonds is 9. The highest BCUT2D eigenvalue weighted by molar-refractivity contribution is 5.87. The first-order valence-electron chi connectivity index (χ1n) is 7.41. The maximum atomic E-state index is 12.1. The first-order chi connectivity index (χ1) is 11.3. The molecule has 0 bridgehead atoms. The number of carbonyl (C=O) groups excluding carboxylic acids is 1.